The molecule has 0 saturated carbocycles. The number of carboxylic acids is 1. The van der Waals surface area contributed by atoms with Crippen LogP contribution >= 0.6 is 11.6 Å². The van der Waals surface area contributed by atoms with E-state index in [0.29, 0.717) is 25.1 Å². The van der Waals surface area contributed by atoms with Gasteiger partial charge in [0.1, 0.15) is 11.9 Å². The van der Waals surface area contributed by atoms with E-state index in [0.717, 1.165) is 0 Å². The van der Waals surface area contributed by atoms with Crippen molar-refractivity contribution in [2.24, 2.45) is 0 Å². The van der Waals surface area contributed by atoms with Gasteiger partial charge in [0, 0.05) is 6.20 Å². The van der Waals surface area contributed by atoms with E-state index in [-0.39, 0.29) is 10.8 Å². The first-order chi connectivity index (χ1) is 8.75. The summed E-state index contributed by atoms with van der Waals surface area (Å²) in [5, 5.41) is 11.2. The lowest BCUT2D eigenvalue weighted by Gasteiger charge is -2.16. The van der Waals surface area contributed by atoms with Gasteiger partial charge in [-0.25, -0.2) is 9.78 Å². The molecule has 8 heteroatoms. The Labute approximate surface area is 112 Å². The fraction of sp³-hybridized carbons (Fsp3) is 0.455. The zero-order valence-electron chi connectivity index (χ0n) is 9.96. The van der Waals surface area contributed by atoms with Crippen molar-refractivity contribution in [3.63, 3.8) is 0 Å². The molecule has 0 amide bonds. The van der Waals surface area contributed by atoms with Crippen LogP contribution in [0.3, 0.4) is 0 Å². The van der Waals surface area contributed by atoms with E-state index in [1.54, 1.807) is 6.92 Å². The Morgan fingerprint density at radius 1 is 1.58 bits per heavy atom. The van der Waals surface area contributed by atoms with Gasteiger partial charge < -0.3 is 10.4 Å². The van der Waals surface area contributed by atoms with Gasteiger partial charge in [0.25, 0.3) is 0 Å². The highest BCUT2D eigenvalue weighted by Crippen LogP contribution is 2.32. The summed E-state index contributed by atoms with van der Waals surface area (Å²) in [4.78, 5) is 14.4. The highest BCUT2D eigenvalue weighted by molar-refractivity contribution is 6.33. The van der Waals surface area contributed by atoms with Crippen molar-refractivity contribution in [3.8, 4) is 0 Å². The number of hydrogen-bond acceptors (Lipinski definition) is 3. The second-order valence-electron chi connectivity index (χ2n) is 3.88. The molecule has 2 N–H and O–H groups in total. The van der Waals surface area contributed by atoms with Gasteiger partial charge in [0.15, 0.2) is 0 Å². The molecular weight excluding hydrogens is 285 g/mol. The SMILES string of the molecule is CCCC(Nc1ncc(C(F)(F)F)cc1Cl)C(=O)O. The average Bonchev–Trinajstić information content (AvgIpc) is 2.29. The molecule has 1 rings (SSSR count). The molecule has 0 aromatic carbocycles. The third-order valence-electron chi connectivity index (χ3n) is 2.35. The van der Waals surface area contributed by atoms with Gasteiger partial charge in [-0.1, -0.05) is 24.9 Å². The number of hydrogen-bond donors (Lipinski definition) is 2. The van der Waals surface area contributed by atoms with Crippen LogP contribution in [-0.4, -0.2) is 22.1 Å². The van der Waals surface area contributed by atoms with Crippen molar-refractivity contribution >= 4 is 23.4 Å². The topological polar surface area (TPSA) is 62.2 Å². The second-order valence-corrected chi connectivity index (χ2v) is 4.28. The van der Waals surface area contributed by atoms with Gasteiger partial charge in [0.2, 0.25) is 0 Å². The molecule has 1 aromatic heterocycles. The Morgan fingerprint density at radius 2 is 2.21 bits per heavy atom. The van der Waals surface area contributed by atoms with E-state index < -0.39 is 23.8 Å². The molecule has 0 fully saturated rings. The number of alkyl halides is 3. The van der Waals surface area contributed by atoms with Crippen molar-refractivity contribution in [2.75, 3.05) is 5.32 Å². The molecule has 0 saturated heterocycles. The first-order valence-electron chi connectivity index (χ1n) is 5.47. The minimum absolute atomic E-state index is 0.0736. The largest absolute Gasteiger partial charge is 0.480 e. The van der Waals surface area contributed by atoms with E-state index in [2.05, 4.69) is 10.3 Å². The van der Waals surface area contributed by atoms with E-state index in [9.17, 15) is 18.0 Å². The maximum Gasteiger partial charge on any atom is 0.417 e. The van der Waals surface area contributed by atoms with Crippen molar-refractivity contribution in [1.29, 1.82) is 0 Å². The molecule has 19 heavy (non-hydrogen) atoms. The van der Waals surface area contributed by atoms with Gasteiger partial charge in [0.05, 0.1) is 10.6 Å². The second kappa shape index (κ2) is 6.10. The summed E-state index contributed by atoms with van der Waals surface area (Å²) in [7, 11) is 0. The van der Waals surface area contributed by atoms with Crippen molar-refractivity contribution in [3.05, 3.63) is 22.8 Å². The average molecular weight is 297 g/mol. The molecule has 4 nitrogen and oxygen atoms in total. The molecule has 0 radical (unpaired) electrons. The predicted molar refractivity (Wildman–Crippen MR) is 64.2 cm³/mol. The summed E-state index contributed by atoms with van der Waals surface area (Å²) >= 11 is 5.67. The summed E-state index contributed by atoms with van der Waals surface area (Å²) in [5.74, 6) is -1.19. The van der Waals surface area contributed by atoms with E-state index in [4.69, 9.17) is 16.7 Å². The number of pyridine rings is 1. The fourth-order valence-corrected chi connectivity index (χ4v) is 1.63. The van der Waals surface area contributed by atoms with Gasteiger partial charge in [-0.3, -0.25) is 0 Å². The van der Waals surface area contributed by atoms with Crippen LogP contribution in [-0.2, 0) is 11.0 Å². The number of rotatable bonds is 5. The van der Waals surface area contributed by atoms with E-state index in [1.165, 1.54) is 0 Å². The van der Waals surface area contributed by atoms with Gasteiger partial charge >= 0.3 is 12.1 Å². The first kappa shape index (κ1) is 15.6. The van der Waals surface area contributed by atoms with Crippen molar-refractivity contribution in [1.82, 2.24) is 4.98 Å². The molecule has 0 bridgehead atoms. The van der Waals surface area contributed by atoms with Crippen LogP contribution < -0.4 is 5.32 Å². The minimum atomic E-state index is -4.54. The fourth-order valence-electron chi connectivity index (χ4n) is 1.41. The summed E-state index contributed by atoms with van der Waals surface area (Å²) in [6, 6.07) is -0.228. The molecule has 0 spiro atoms. The van der Waals surface area contributed by atoms with Crippen LogP contribution in [0.5, 0.6) is 0 Å². The molecule has 106 valence electrons. The summed E-state index contributed by atoms with van der Waals surface area (Å²) in [5.41, 5.74) is -0.981. The van der Waals surface area contributed by atoms with E-state index >= 15 is 0 Å². The number of nitrogens with zero attached hydrogens (tertiary/aromatic N) is 1. The van der Waals surface area contributed by atoms with Crippen LogP contribution in [0, 0.1) is 0 Å². The summed E-state index contributed by atoms with van der Waals surface area (Å²) < 4.78 is 37.2. The highest BCUT2D eigenvalue weighted by atomic mass is 35.5. The molecule has 0 aliphatic heterocycles. The lowest BCUT2D eigenvalue weighted by atomic mass is 10.1. The highest BCUT2D eigenvalue weighted by Gasteiger charge is 2.31. The van der Waals surface area contributed by atoms with Crippen LogP contribution in [0.1, 0.15) is 25.3 Å². The molecule has 1 aromatic rings. The Hall–Kier alpha value is -1.50. The third-order valence-corrected chi connectivity index (χ3v) is 2.64. The number of halogens is 4. The van der Waals surface area contributed by atoms with Gasteiger partial charge in [-0.05, 0) is 12.5 Å². The normalized spacial score (nSPS) is 13.1. The Bertz CT molecular complexity index is 466. The third kappa shape index (κ3) is 4.27. The van der Waals surface area contributed by atoms with Gasteiger partial charge in [-0.15, -0.1) is 0 Å². The molecular formula is C11H12ClF3N2O2. The van der Waals surface area contributed by atoms with Crippen LogP contribution in [0.4, 0.5) is 19.0 Å². The number of aromatic nitrogens is 1. The number of carbonyl (C=O) groups is 1. The monoisotopic (exact) mass is 296 g/mol. The standard InChI is InChI=1S/C11H12ClF3N2O2/c1-2-3-8(10(18)19)17-9-7(12)4-6(5-16-9)11(13,14)15/h4-5,8H,2-3H2,1H3,(H,16,17)(H,18,19). The quantitative estimate of drug-likeness (QED) is 0.874. The molecule has 1 atom stereocenters. The summed E-state index contributed by atoms with van der Waals surface area (Å²) in [6.07, 6.45) is -3.01. The van der Waals surface area contributed by atoms with Crippen LogP contribution in [0.2, 0.25) is 5.02 Å². The Morgan fingerprint density at radius 3 is 2.63 bits per heavy atom. The van der Waals surface area contributed by atoms with Gasteiger partial charge in [-0.2, -0.15) is 13.2 Å². The lowest BCUT2D eigenvalue weighted by Crippen LogP contribution is -2.29. The first-order valence-corrected chi connectivity index (χ1v) is 5.85. The van der Waals surface area contributed by atoms with Crippen LogP contribution in [0.15, 0.2) is 12.3 Å². The summed E-state index contributed by atoms with van der Waals surface area (Å²) in [6.45, 7) is 1.79. The van der Waals surface area contributed by atoms with Crippen molar-refractivity contribution in [2.45, 2.75) is 32.0 Å². The van der Waals surface area contributed by atoms with E-state index in [1.807, 2.05) is 0 Å². The van der Waals surface area contributed by atoms with Crippen molar-refractivity contribution < 1.29 is 23.1 Å². The molecule has 0 aliphatic rings. The number of anilines is 1. The lowest BCUT2D eigenvalue weighted by molar-refractivity contribution is -0.139. The molecule has 1 unspecified atom stereocenters. The number of nitrogens with one attached hydrogen (secondary N) is 1. The zero-order chi connectivity index (χ0) is 14.6. The smallest absolute Gasteiger partial charge is 0.417 e. The zero-order valence-corrected chi connectivity index (χ0v) is 10.7. The Kier molecular flexibility index (Phi) is 4.99. The van der Waals surface area contributed by atoms with Crippen LogP contribution in [0.25, 0.3) is 0 Å². The number of aliphatic carboxylic acids is 1. The molecule has 0 aliphatic carbocycles. The maximum atomic E-state index is 12.4. The minimum Gasteiger partial charge on any atom is -0.480 e. The maximum absolute atomic E-state index is 12.4. The Balaban J connectivity index is 2.93. The predicted octanol–water partition coefficient (Wildman–Crippen LogP) is 3.42. The number of carboxylic acid groups (broad SMARTS) is 1. The molecule has 1 heterocycles.